The number of hydrogen-bond donors (Lipinski definition) is 1. The molecule has 0 heterocycles. The minimum absolute atomic E-state index is 0.427. The van der Waals surface area contributed by atoms with Gasteiger partial charge in [-0.05, 0) is 24.4 Å². The van der Waals surface area contributed by atoms with Crippen LogP contribution in [0.25, 0.3) is 0 Å². The van der Waals surface area contributed by atoms with Gasteiger partial charge in [0.1, 0.15) is 0 Å². The molecule has 0 aromatic heterocycles. The molecule has 1 unspecified atom stereocenters. The molecule has 12 heavy (non-hydrogen) atoms. The van der Waals surface area contributed by atoms with Gasteiger partial charge in [0, 0.05) is 0 Å². The fraction of sp³-hybridized carbons (Fsp3) is 0.364. The Kier molecular flexibility index (Phi) is 3.81. The molecule has 0 amide bonds. The minimum Gasteiger partial charge on any atom is -0.330 e. The van der Waals surface area contributed by atoms with Crippen LogP contribution in [-0.4, -0.2) is 6.54 Å². The summed E-state index contributed by atoms with van der Waals surface area (Å²) >= 11 is 0. The molecule has 0 aliphatic carbocycles. The zero-order valence-corrected chi connectivity index (χ0v) is 7.53. The van der Waals surface area contributed by atoms with Gasteiger partial charge >= 0.3 is 0 Å². The summed E-state index contributed by atoms with van der Waals surface area (Å²) in [6, 6.07) is 10.4. The Labute approximate surface area is 74.6 Å². The average Bonchev–Trinajstić information content (AvgIpc) is 2.15. The summed E-state index contributed by atoms with van der Waals surface area (Å²) in [5, 5.41) is 0. The maximum atomic E-state index is 5.66. The molecule has 2 N–H and O–H groups in total. The van der Waals surface area contributed by atoms with Crippen LogP contribution in [0.5, 0.6) is 0 Å². The van der Waals surface area contributed by atoms with Gasteiger partial charge in [-0.1, -0.05) is 43.7 Å². The third-order valence-corrected chi connectivity index (χ3v) is 2.00. The Balaban J connectivity index is 2.66. The molecule has 1 aromatic carbocycles. The highest BCUT2D eigenvalue weighted by Gasteiger charge is 2.06. The number of nitrogens with two attached hydrogens (primary N) is 1. The molecular formula is C11H16N. The molecule has 1 heteroatoms. The molecule has 0 saturated heterocycles. The van der Waals surface area contributed by atoms with Crippen LogP contribution in [0.15, 0.2) is 30.3 Å². The second kappa shape index (κ2) is 4.94. The topological polar surface area (TPSA) is 26.0 Å². The Morgan fingerprint density at radius 1 is 1.33 bits per heavy atom. The van der Waals surface area contributed by atoms with Gasteiger partial charge in [-0.3, -0.25) is 0 Å². The molecule has 0 bridgehead atoms. The van der Waals surface area contributed by atoms with Crippen molar-refractivity contribution in [3.05, 3.63) is 42.3 Å². The second-order valence-electron chi connectivity index (χ2n) is 2.90. The normalized spacial score (nSPS) is 12.8. The van der Waals surface area contributed by atoms with Gasteiger partial charge in [0.25, 0.3) is 0 Å². The summed E-state index contributed by atoms with van der Waals surface area (Å²) in [5.41, 5.74) is 6.98. The summed E-state index contributed by atoms with van der Waals surface area (Å²) in [4.78, 5) is 0. The molecular weight excluding hydrogens is 146 g/mol. The van der Waals surface area contributed by atoms with Gasteiger partial charge in [-0.25, -0.2) is 0 Å². The van der Waals surface area contributed by atoms with Crippen LogP contribution in [0.4, 0.5) is 0 Å². The van der Waals surface area contributed by atoms with Crippen LogP contribution in [0.1, 0.15) is 24.8 Å². The van der Waals surface area contributed by atoms with E-state index in [4.69, 9.17) is 5.73 Å². The van der Waals surface area contributed by atoms with E-state index in [0.717, 1.165) is 6.42 Å². The molecule has 0 fully saturated rings. The maximum absolute atomic E-state index is 5.66. The summed E-state index contributed by atoms with van der Waals surface area (Å²) in [5.74, 6) is 0.427. The monoisotopic (exact) mass is 162 g/mol. The van der Waals surface area contributed by atoms with Crippen molar-refractivity contribution in [1.82, 2.24) is 0 Å². The zero-order valence-electron chi connectivity index (χ0n) is 7.53. The van der Waals surface area contributed by atoms with Crippen LogP contribution < -0.4 is 5.73 Å². The Morgan fingerprint density at radius 3 is 2.50 bits per heavy atom. The maximum Gasteiger partial charge on any atom is -0.000546 e. The molecule has 0 aliphatic heterocycles. The van der Waals surface area contributed by atoms with Crippen molar-refractivity contribution in [2.24, 2.45) is 5.73 Å². The highest BCUT2D eigenvalue weighted by Crippen LogP contribution is 2.18. The van der Waals surface area contributed by atoms with Gasteiger partial charge in [0.05, 0.1) is 0 Å². The van der Waals surface area contributed by atoms with Gasteiger partial charge < -0.3 is 5.73 Å². The molecule has 1 rings (SSSR count). The smallest absolute Gasteiger partial charge is 0.000546 e. The van der Waals surface area contributed by atoms with Gasteiger partial charge in [-0.2, -0.15) is 0 Å². The van der Waals surface area contributed by atoms with E-state index >= 15 is 0 Å². The predicted octanol–water partition coefficient (Wildman–Crippen LogP) is 2.34. The number of hydrogen-bond acceptors (Lipinski definition) is 1. The first-order valence-corrected chi connectivity index (χ1v) is 4.46. The quantitative estimate of drug-likeness (QED) is 0.722. The molecule has 1 aromatic rings. The summed E-state index contributed by atoms with van der Waals surface area (Å²) < 4.78 is 0. The first kappa shape index (κ1) is 9.27. The van der Waals surface area contributed by atoms with Crippen LogP contribution in [0.2, 0.25) is 0 Å². The molecule has 1 radical (unpaired) electrons. The molecule has 65 valence electrons. The SMILES string of the molecule is CC[CH]C(CN)c1ccccc1. The summed E-state index contributed by atoms with van der Waals surface area (Å²) in [6.07, 6.45) is 3.34. The van der Waals surface area contributed by atoms with E-state index in [1.54, 1.807) is 0 Å². The van der Waals surface area contributed by atoms with Crippen molar-refractivity contribution in [2.45, 2.75) is 19.3 Å². The fourth-order valence-corrected chi connectivity index (χ4v) is 1.35. The van der Waals surface area contributed by atoms with Crippen LogP contribution >= 0.6 is 0 Å². The predicted molar refractivity (Wildman–Crippen MR) is 52.8 cm³/mol. The summed E-state index contributed by atoms with van der Waals surface area (Å²) in [7, 11) is 0. The van der Waals surface area contributed by atoms with E-state index in [2.05, 4.69) is 37.6 Å². The lowest BCUT2D eigenvalue weighted by Crippen LogP contribution is -2.12. The largest absolute Gasteiger partial charge is 0.330 e. The van der Waals surface area contributed by atoms with Gasteiger partial charge in [-0.15, -0.1) is 0 Å². The van der Waals surface area contributed by atoms with E-state index in [1.165, 1.54) is 5.56 Å². The lowest BCUT2D eigenvalue weighted by Gasteiger charge is -2.12. The molecule has 0 aliphatic rings. The second-order valence-corrected chi connectivity index (χ2v) is 2.90. The van der Waals surface area contributed by atoms with Crippen molar-refractivity contribution in [2.75, 3.05) is 6.54 Å². The number of benzene rings is 1. The van der Waals surface area contributed by atoms with Crippen molar-refractivity contribution < 1.29 is 0 Å². The molecule has 0 saturated carbocycles. The minimum atomic E-state index is 0.427. The van der Waals surface area contributed by atoms with Gasteiger partial charge in [0.2, 0.25) is 0 Å². The highest BCUT2D eigenvalue weighted by atomic mass is 14.5. The Morgan fingerprint density at radius 2 is 2.00 bits per heavy atom. The molecule has 1 atom stereocenters. The zero-order chi connectivity index (χ0) is 8.81. The Hall–Kier alpha value is -0.820. The number of rotatable bonds is 4. The first-order chi connectivity index (χ1) is 5.88. The van der Waals surface area contributed by atoms with E-state index in [1.807, 2.05) is 6.07 Å². The lowest BCUT2D eigenvalue weighted by molar-refractivity contribution is 0.758. The third kappa shape index (κ3) is 2.35. The summed E-state index contributed by atoms with van der Waals surface area (Å²) in [6.45, 7) is 2.85. The van der Waals surface area contributed by atoms with Gasteiger partial charge in [0.15, 0.2) is 0 Å². The van der Waals surface area contributed by atoms with E-state index in [9.17, 15) is 0 Å². The van der Waals surface area contributed by atoms with Crippen molar-refractivity contribution in [3.63, 3.8) is 0 Å². The van der Waals surface area contributed by atoms with Crippen LogP contribution in [0.3, 0.4) is 0 Å². The molecule has 1 nitrogen and oxygen atoms in total. The van der Waals surface area contributed by atoms with Crippen LogP contribution in [-0.2, 0) is 0 Å². The highest BCUT2D eigenvalue weighted by molar-refractivity contribution is 5.22. The van der Waals surface area contributed by atoms with E-state index < -0.39 is 0 Å². The van der Waals surface area contributed by atoms with E-state index in [0.29, 0.717) is 12.5 Å². The molecule has 0 spiro atoms. The van der Waals surface area contributed by atoms with Crippen molar-refractivity contribution in [1.29, 1.82) is 0 Å². The fourth-order valence-electron chi connectivity index (χ4n) is 1.35. The first-order valence-electron chi connectivity index (χ1n) is 4.46. The van der Waals surface area contributed by atoms with Crippen molar-refractivity contribution in [3.8, 4) is 0 Å². The van der Waals surface area contributed by atoms with Crippen molar-refractivity contribution >= 4 is 0 Å². The van der Waals surface area contributed by atoms with E-state index in [-0.39, 0.29) is 0 Å². The lowest BCUT2D eigenvalue weighted by atomic mass is 9.95. The average molecular weight is 162 g/mol. The standard InChI is InChI=1S/C11H16N/c1-2-6-11(9-12)10-7-4-3-5-8-10/h3-8,11H,2,9,12H2,1H3. The van der Waals surface area contributed by atoms with Crippen LogP contribution in [0, 0.1) is 6.42 Å². The Bertz CT molecular complexity index is 206. The third-order valence-electron chi connectivity index (χ3n) is 2.00.